The largest absolute Gasteiger partial charge is 0.491 e. The van der Waals surface area contributed by atoms with Crippen LogP contribution in [-0.4, -0.2) is 17.2 Å². The van der Waals surface area contributed by atoms with Crippen molar-refractivity contribution >= 4 is 11.6 Å². The molecule has 24 heavy (non-hydrogen) atoms. The first-order chi connectivity index (χ1) is 11.3. The highest BCUT2D eigenvalue weighted by Crippen LogP contribution is 2.57. The second-order valence-electron chi connectivity index (χ2n) is 9.46. The molecule has 0 amide bonds. The molecule has 1 heterocycles. The van der Waals surface area contributed by atoms with E-state index in [2.05, 4.69) is 20.8 Å². The fourth-order valence-corrected chi connectivity index (χ4v) is 5.92. The fourth-order valence-electron chi connectivity index (χ4n) is 5.92. The molecule has 3 aliphatic carbocycles. The molecule has 0 radical (unpaired) electrons. The minimum atomic E-state index is -0.256. The lowest BCUT2D eigenvalue weighted by Gasteiger charge is -2.54. The third-order valence-electron chi connectivity index (χ3n) is 7.46. The SMILES string of the molecule is CC1(C)CCCC(=O)[C@@H]2C[C@]3(C)OC4=C(C[C@@H]3C[C@H]21)C(=O)CCC4. The van der Waals surface area contributed by atoms with Gasteiger partial charge in [0.25, 0.3) is 0 Å². The van der Waals surface area contributed by atoms with Gasteiger partial charge >= 0.3 is 0 Å². The molecule has 4 aliphatic rings. The van der Waals surface area contributed by atoms with Crippen molar-refractivity contribution in [3.63, 3.8) is 0 Å². The van der Waals surface area contributed by atoms with Gasteiger partial charge in [0.1, 0.15) is 17.1 Å². The summed E-state index contributed by atoms with van der Waals surface area (Å²) in [6.07, 6.45) is 8.13. The Kier molecular flexibility index (Phi) is 3.71. The van der Waals surface area contributed by atoms with E-state index in [1.54, 1.807) is 0 Å². The number of hydrogen-bond acceptors (Lipinski definition) is 3. The number of hydrogen-bond donors (Lipinski definition) is 0. The van der Waals surface area contributed by atoms with Crippen molar-refractivity contribution in [1.82, 2.24) is 0 Å². The van der Waals surface area contributed by atoms with Crippen LogP contribution in [0.15, 0.2) is 11.3 Å². The molecule has 0 N–H and O–H groups in total. The molecular weight excluding hydrogens is 300 g/mol. The summed E-state index contributed by atoms with van der Waals surface area (Å²) in [5, 5.41) is 0. The van der Waals surface area contributed by atoms with Crippen LogP contribution in [0.1, 0.15) is 78.6 Å². The van der Waals surface area contributed by atoms with Gasteiger partial charge in [-0.1, -0.05) is 13.8 Å². The van der Waals surface area contributed by atoms with Crippen LogP contribution in [0.2, 0.25) is 0 Å². The number of carbonyl (C=O) groups excluding carboxylic acids is 2. The van der Waals surface area contributed by atoms with E-state index >= 15 is 0 Å². The van der Waals surface area contributed by atoms with Crippen molar-refractivity contribution in [3.8, 4) is 0 Å². The summed E-state index contributed by atoms with van der Waals surface area (Å²) in [4.78, 5) is 25.1. The Bertz CT molecular complexity index is 615. The van der Waals surface area contributed by atoms with Gasteiger partial charge in [0.05, 0.1) is 0 Å². The lowest BCUT2D eigenvalue weighted by Crippen LogP contribution is -2.53. The quantitative estimate of drug-likeness (QED) is 0.652. The Hall–Kier alpha value is -1.12. The lowest BCUT2D eigenvalue weighted by atomic mass is 9.56. The fraction of sp³-hybridized carbons (Fsp3) is 0.810. The molecule has 4 atom stereocenters. The van der Waals surface area contributed by atoms with E-state index in [4.69, 9.17) is 4.74 Å². The predicted octanol–water partition coefficient (Wildman–Crippen LogP) is 4.59. The highest BCUT2D eigenvalue weighted by molar-refractivity contribution is 5.96. The summed E-state index contributed by atoms with van der Waals surface area (Å²) in [5.41, 5.74) is 0.928. The molecule has 3 heteroatoms. The first-order valence-corrected chi connectivity index (χ1v) is 9.77. The Morgan fingerprint density at radius 1 is 1.04 bits per heavy atom. The molecular formula is C21H30O3. The van der Waals surface area contributed by atoms with Crippen molar-refractivity contribution in [1.29, 1.82) is 0 Å². The van der Waals surface area contributed by atoms with Crippen molar-refractivity contribution < 1.29 is 14.3 Å². The second kappa shape index (κ2) is 5.44. The average Bonchev–Trinajstić information content (AvgIpc) is 2.61. The van der Waals surface area contributed by atoms with Gasteiger partial charge in [-0.15, -0.1) is 0 Å². The zero-order chi connectivity index (χ0) is 17.1. The molecule has 2 fully saturated rings. The van der Waals surface area contributed by atoms with Crippen molar-refractivity contribution in [2.24, 2.45) is 23.2 Å². The van der Waals surface area contributed by atoms with Gasteiger partial charge in [-0.05, 0) is 56.8 Å². The normalized spacial score (nSPS) is 41.7. The van der Waals surface area contributed by atoms with Gasteiger partial charge in [-0.2, -0.15) is 0 Å². The molecule has 0 aromatic rings. The number of ketones is 2. The predicted molar refractivity (Wildman–Crippen MR) is 92.3 cm³/mol. The van der Waals surface area contributed by atoms with Crippen LogP contribution >= 0.6 is 0 Å². The molecule has 0 bridgehead atoms. The van der Waals surface area contributed by atoms with Crippen LogP contribution in [0.5, 0.6) is 0 Å². The van der Waals surface area contributed by atoms with Crippen LogP contribution in [0.25, 0.3) is 0 Å². The van der Waals surface area contributed by atoms with Gasteiger partial charge in [0, 0.05) is 36.7 Å². The third kappa shape index (κ3) is 2.46. The van der Waals surface area contributed by atoms with Crippen molar-refractivity contribution in [2.75, 3.05) is 0 Å². The van der Waals surface area contributed by atoms with Crippen LogP contribution in [0, 0.1) is 23.2 Å². The Morgan fingerprint density at radius 3 is 2.62 bits per heavy atom. The van der Waals surface area contributed by atoms with E-state index in [-0.39, 0.29) is 16.9 Å². The van der Waals surface area contributed by atoms with E-state index < -0.39 is 0 Å². The molecule has 1 aliphatic heterocycles. The maximum atomic E-state index is 12.8. The van der Waals surface area contributed by atoms with Crippen LogP contribution in [-0.2, 0) is 14.3 Å². The number of allylic oxidation sites excluding steroid dienone is 2. The van der Waals surface area contributed by atoms with E-state index in [0.29, 0.717) is 29.8 Å². The van der Waals surface area contributed by atoms with Gasteiger partial charge in [-0.3, -0.25) is 9.59 Å². The summed E-state index contributed by atoms with van der Waals surface area (Å²) in [6.45, 7) is 6.88. The highest BCUT2D eigenvalue weighted by Gasteiger charge is 2.55. The molecule has 0 aromatic carbocycles. The summed E-state index contributed by atoms with van der Waals surface area (Å²) >= 11 is 0. The Labute approximate surface area is 145 Å². The summed E-state index contributed by atoms with van der Waals surface area (Å²) < 4.78 is 6.47. The van der Waals surface area contributed by atoms with E-state index in [0.717, 1.165) is 62.7 Å². The first-order valence-electron chi connectivity index (χ1n) is 9.77. The van der Waals surface area contributed by atoms with Crippen LogP contribution in [0.3, 0.4) is 0 Å². The molecule has 4 rings (SSSR count). The molecule has 0 aromatic heterocycles. The number of Topliss-reactive ketones (excluding diaryl/α,β-unsaturated/α-hetero) is 2. The van der Waals surface area contributed by atoms with Crippen molar-refractivity contribution in [3.05, 3.63) is 11.3 Å². The number of fused-ring (bicyclic) bond motifs is 2. The number of rotatable bonds is 0. The van der Waals surface area contributed by atoms with Gasteiger partial charge in [-0.25, -0.2) is 0 Å². The highest BCUT2D eigenvalue weighted by atomic mass is 16.5. The minimum Gasteiger partial charge on any atom is -0.491 e. The van der Waals surface area contributed by atoms with E-state index in [9.17, 15) is 9.59 Å². The standard InChI is InChI=1S/C21H30O3/c1-20(2)9-5-7-18(23)15-12-21(3)13(11-16(15)20)10-14-17(22)6-4-8-19(14)24-21/h13,15-16H,4-12H2,1-3H3/t13-,15-,16-,21+/m1/s1. The minimum absolute atomic E-state index is 0.144. The smallest absolute Gasteiger partial charge is 0.162 e. The Morgan fingerprint density at radius 2 is 1.83 bits per heavy atom. The molecule has 2 saturated carbocycles. The molecule has 0 saturated heterocycles. The second-order valence-corrected chi connectivity index (χ2v) is 9.46. The summed E-state index contributed by atoms with van der Waals surface area (Å²) in [7, 11) is 0. The maximum absolute atomic E-state index is 12.8. The van der Waals surface area contributed by atoms with Gasteiger partial charge in [0.2, 0.25) is 0 Å². The van der Waals surface area contributed by atoms with E-state index in [1.165, 1.54) is 0 Å². The molecule has 3 nitrogen and oxygen atoms in total. The van der Waals surface area contributed by atoms with Crippen LogP contribution in [0.4, 0.5) is 0 Å². The molecule has 132 valence electrons. The van der Waals surface area contributed by atoms with Gasteiger partial charge < -0.3 is 4.74 Å². The molecule has 0 spiro atoms. The zero-order valence-electron chi connectivity index (χ0n) is 15.3. The summed E-state index contributed by atoms with van der Waals surface area (Å²) in [6, 6.07) is 0. The van der Waals surface area contributed by atoms with Crippen molar-refractivity contribution in [2.45, 2.75) is 84.2 Å². The Balaban J connectivity index is 1.68. The lowest BCUT2D eigenvalue weighted by molar-refractivity contribution is -0.148. The topological polar surface area (TPSA) is 43.4 Å². The monoisotopic (exact) mass is 330 g/mol. The number of ether oxygens (including phenoxy) is 1. The maximum Gasteiger partial charge on any atom is 0.162 e. The average molecular weight is 330 g/mol. The van der Waals surface area contributed by atoms with E-state index in [1.807, 2.05) is 0 Å². The summed E-state index contributed by atoms with van der Waals surface area (Å²) in [5.74, 6) is 2.67. The van der Waals surface area contributed by atoms with Crippen LogP contribution < -0.4 is 0 Å². The first kappa shape index (κ1) is 16.4. The van der Waals surface area contributed by atoms with Gasteiger partial charge in [0.15, 0.2) is 5.78 Å². The zero-order valence-corrected chi connectivity index (χ0v) is 15.3. The third-order valence-corrected chi connectivity index (χ3v) is 7.46. The molecule has 0 unspecified atom stereocenters. The number of carbonyl (C=O) groups is 2.